The van der Waals surface area contributed by atoms with Crippen molar-refractivity contribution in [3.63, 3.8) is 0 Å². The van der Waals surface area contributed by atoms with Crippen LogP contribution >= 0.6 is 11.3 Å². The van der Waals surface area contributed by atoms with E-state index >= 15 is 0 Å². The molecule has 4 nitrogen and oxygen atoms in total. The Morgan fingerprint density at radius 3 is 2.69 bits per heavy atom. The topological polar surface area (TPSA) is 55.2 Å². The van der Waals surface area contributed by atoms with Gasteiger partial charge in [0.2, 0.25) is 0 Å². The molecule has 0 spiro atoms. The lowest BCUT2D eigenvalue weighted by atomic mass is 10.1. The molecule has 0 aliphatic rings. The minimum atomic E-state index is -0.366. The SMILES string of the molecule is CC(C)(C)NC/C=C/c1ccc([N+](=O)[O-])s1. The summed E-state index contributed by atoms with van der Waals surface area (Å²) < 4.78 is 0. The van der Waals surface area contributed by atoms with Crippen LogP contribution < -0.4 is 5.32 Å². The van der Waals surface area contributed by atoms with Crippen LogP contribution in [0.4, 0.5) is 5.00 Å². The van der Waals surface area contributed by atoms with Gasteiger partial charge < -0.3 is 5.32 Å². The second kappa shape index (κ2) is 5.23. The molecule has 0 aliphatic heterocycles. The summed E-state index contributed by atoms with van der Waals surface area (Å²) in [6.45, 7) is 7.04. The average molecular weight is 240 g/mol. The lowest BCUT2D eigenvalue weighted by Gasteiger charge is -2.18. The molecule has 0 saturated heterocycles. The van der Waals surface area contributed by atoms with Gasteiger partial charge in [-0.25, -0.2) is 0 Å². The van der Waals surface area contributed by atoms with Crippen LogP contribution in [0.2, 0.25) is 0 Å². The molecule has 16 heavy (non-hydrogen) atoms. The van der Waals surface area contributed by atoms with Gasteiger partial charge >= 0.3 is 5.00 Å². The minimum absolute atomic E-state index is 0.0891. The standard InChI is InChI=1S/C11H16N2O2S/c1-11(2,3)12-8-4-5-9-6-7-10(16-9)13(14)15/h4-7,12H,8H2,1-3H3/b5-4+. The molecular formula is C11H16N2O2S. The van der Waals surface area contributed by atoms with Gasteiger partial charge in [0.15, 0.2) is 0 Å². The highest BCUT2D eigenvalue weighted by Gasteiger charge is 2.08. The molecule has 1 aromatic rings. The van der Waals surface area contributed by atoms with E-state index in [9.17, 15) is 10.1 Å². The average Bonchev–Trinajstić information content (AvgIpc) is 2.59. The van der Waals surface area contributed by atoms with Crippen molar-refractivity contribution in [2.75, 3.05) is 6.54 Å². The van der Waals surface area contributed by atoms with Crippen LogP contribution in [0.3, 0.4) is 0 Å². The molecular weight excluding hydrogens is 224 g/mol. The zero-order valence-corrected chi connectivity index (χ0v) is 10.5. The zero-order chi connectivity index (χ0) is 12.2. The Labute approximate surface area is 99.1 Å². The van der Waals surface area contributed by atoms with Crippen LogP contribution in [-0.4, -0.2) is 17.0 Å². The molecule has 0 fully saturated rings. The molecule has 1 rings (SSSR count). The summed E-state index contributed by atoms with van der Waals surface area (Å²) in [5.74, 6) is 0. The van der Waals surface area contributed by atoms with Gasteiger partial charge in [-0.15, -0.1) is 0 Å². The lowest BCUT2D eigenvalue weighted by Crippen LogP contribution is -2.35. The molecule has 0 radical (unpaired) electrons. The summed E-state index contributed by atoms with van der Waals surface area (Å²) in [6, 6.07) is 3.29. The smallest absolute Gasteiger partial charge is 0.309 e. The van der Waals surface area contributed by atoms with Gasteiger partial charge in [0.05, 0.1) is 4.92 Å². The van der Waals surface area contributed by atoms with Crippen molar-refractivity contribution < 1.29 is 4.92 Å². The van der Waals surface area contributed by atoms with E-state index in [1.54, 1.807) is 6.07 Å². The van der Waals surface area contributed by atoms with Gasteiger partial charge in [0, 0.05) is 23.0 Å². The third kappa shape index (κ3) is 4.55. The first-order chi connectivity index (χ1) is 7.38. The largest absolute Gasteiger partial charge is 0.324 e. The van der Waals surface area contributed by atoms with E-state index in [1.807, 2.05) is 12.2 Å². The van der Waals surface area contributed by atoms with Crippen molar-refractivity contribution in [1.82, 2.24) is 5.32 Å². The van der Waals surface area contributed by atoms with E-state index in [4.69, 9.17) is 0 Å². The van der Waals surface area contributed by atoms with Crippen molar-refractivity contribution in [2.45, 2.75) is 26.3 Å². The second-order valence-electron chi connectivity index (χ2n) is 4.47. The Morgan fingerprint density at radius 1 is 1.50 bits per heavy atom. The summed E-state index contributed by atoms with van der Waals surface area (Å²) in [4.78, 5) is 11.0. The predicted molar refractivity (Wildman–Crippen MR) is 67.8 cm³/mol. The van der Waals surface area contributed by atoms with Gasteiger partial charge in [0.25, 0.3) is 0 Å². The van der Waals surface area contributed by atoms with E-state index in [-0.39, 0.29) is 15.5 Å². The van der Waals surface area contributed by atoms with Gasteiger partial charge in [-0.3, -0.25) is 10.1 Å². The van der Waals surface area contributed by atoms with Crippen LogP contribution in [0.25, 0.3) is 6.08 Å². The highest BCUT2D eigenvalue weighted by Crippen LogP contribution is 2.24. The molecule has 0 unspecified atom stereocenters. The maximum Gasteiger partial charge on any atom is 0.324 e. The monoisotopic (exact) mass is 240 g/mol. The summed E-state index contributed by atoms with van der Waals surface area (Å²) in [6.07, 6.45) is 3.87. The number of hydrogen-bond acceptors (Lipinski definition) is 4. The predicted octanol–water partition coefficient (Wildman–Crippen LogP) is 3.06. The number of nitrogens with one attached hydrogen (secondary N) is 1. The maximum absolute atomic E-state index is 10.5. The van der Waals surface area contributed by atoms with E-state index in [1.165, 1.54) is 17.4 Å². The van der Waals surface area contributed by atoms with Gasteiger partial charge in [-0.05, 0) is 32.9 Å². The highest BCUT2D eigenvalue weighted by molar-refractivity contribution is 7.16. The van der Waals surface area contributed by atoms with Crippen LogP contribution in [0.15, 0.2) is 18.2 Å². The lowest BCUT2D eigenvalue weighted by molar-refractivity contribution is -0.380. The zero-order valence-electron chi connectivity index (χ0n) is 9.69. The minimum Gasteiger partial charge on any atom is -0.309 e. The van der Waals surface area contributed by atoms with Gasteiger partial charge in [0.1, 0.15) is 0 Å². The number of thiophene rings is 1. The summed E-state index contributed by atoms with van der Waals surface area (Å²) in [7, 11) is 0. The van der Waals surface area contributed by atoms with Crippen molar-refractivity contribution >= 4 is 22.4 Å². The fourth-order valence-electron chi connectivity index (χ4n) is 1.07. The van der Waals surface area contributed by atoms with Crippen molar-refractivity contribution in [2.24, 2.45) is 0 Å². The Bertz CT molecular complexity index is 391. The second-order valence-corrected chi connectivity index (χ2v) is 5.56. The Balaban J connectivity index is 2.47. The molecule has 5 heteroatoms. The van der Waals surface area contributed by atoms with E-state index in [0.29, 0.717) is 0 Å². The van der Waals surface area contributed by atoms with Crippen LogP contribution in [0.5, 0.6) is 0 Å². The van der Waals surface area contributed by atoms with Crippen LogP contribution in [-0.2, 0) is 0 Å². The van der Waals surface area contributed by atoms with E-state index < -0.39 is 0 Å². The molecule has 1 N–H and O–H groups in total. The Morgan fingerprint density at radius 2 is 2.19 bits per heavy atom. The fourth-order valence-corrected chi connectivity index (χ4v) is 1.82. The van der Waals surface area contributed by atoms with Crippen LogP contribution in [0, 0.1) is 10.1 Å². The molecule has 0 atom stereocenters. The third-order valence-corrected chi connectivity index (χ3v) is 2.83. The molecule has 88 valence electrons. The normalized spacial score (nSPS) is 12.2. The molecule has 0 saturated carbocycles. The first kappa shape index (κ1) is 12.9. The maximum atomic E-state index is 10.5. The number of nitro groups is 1. The van der Waals surface area contributed by atoms with Gasteiger partial charge in [-0.1, -0.05) is 17.4 Å². The number of rotatable bonds is 4. The Kier molecular flexibility index (Phi) is 4.20. The van der Waals surface area contributed by atoms with Crippen molar-refractivity contribution in [1.29, 1.82) is 0 Å². The van der Waals surface area contributed by atoms with Crippen molar-refractivity contribution in [3.05, 3.63) is 33.2 Å². The molecule has 0 bridgehead atoms. The molecule has 1 heterocycles. The third-order valence-electron chi connectivity index (χ3n) is 1.82. The first-order valence-electron chi connectivity index (χ1n) is 5.04. The Hall–Kier alpha value is -1.20. The summed E-state index contributed by atoms with van der Waals surface area (Å²) in [5.41, 5.74) is 0.0891. The molecule has 1 aromatic heterocycles. The molecule has 0 aliphatic carbocycles. The van der Waals surface area contributed by atoms with E-state index in [0.717, 1.165) is 11.4 Å². The quantitative estimate of drug-likeness (QED) is 0.650. The van der Waals surface area contributed by atoms with Crippen molar-refractivity contribution in [3.8, 4) is 0 Å². The number of nitrogens with zero attached hydrogens (tertiary/aromatic N) is 1. The first-order valence-corrected chi connectivity index (χ1v) is 5.86. The summed E-state index contributed by atoms with van der Waals surface area (Å²) in [5, 5.41) is 13.9. The van der Waals surface area contributed by atoms with Gasteiger partial charge in [-0.2, -0.15) is 0 Å². The molecule has 0 amide bonds. The highest BCUT2D eigenvalue weighted by atomic mass is 32.1. The summed E-state index contributed by atoms with van der Waals surface area (Å²) >= 11 is 1.19. The fraction of sp³-hybridized carbons (Fsp3) is 0.455. The number of hydrogen-bond donors (Lipinski definition) is 1. The molecule has 0 aromatic carbocycles. The van der Waals surface area contributed by atoms with Crippen LogP contribution in [0.1, 0.15) is 25.6 Å². The van der Waals surface area contributed by atoms with E-state index in [2.05, 4.69) is 26.1 Å².